The van der Waals surface area contributed by atoms with Crippen LogP contribution in [0, 0.1) is 5.41 Å². The van der Waals surface area contributed by atoms with Gasteiger partial charge in [-0.05, 0) is 36.2 Å². The lowest BCUT2D eigenvalue weighted by molar-refractivity contribution is -0.137. The number of rotatable bonds is 8. The average Bonchev–Trinajstić information content (AvgIpc) is 3.14. The zero-order valence-electron chi connectivity index (χ0n) is 14.8. The number of carboxylic acids is 1. The first-order chi connectivity index (χ1) is 12.5. The summed E-state index contributed by atoms with van der Waals surface area (Å²) in [6, 6.07) is 10.4. The molecule has 0 saturated heterocycles. The number of thiophene rings is 1. The number of anilines is 1. The van der Waals surface area contributed by atoms with Gasteiger partial charge in [0.25, 0.3) is 0 Å². The first-order valence-corrected chi connectivity index (χ1v) is 10.4. The third-order valence-electron chi connectivity index (χ3n) is 4.34. The van der Waals surface area contributed by atoms with Gasteiger partial charge in [-0.2, -0.15) is 0 Å². The van der Waals surface area contributed by atoms with Crippen molar-refractivity contribution in [3.63, 3.8) is 0 Å². The monoisotopic (exact) mass is 389 g/mol. The first-order valence-electron chi connectivity index (χ1n) is 8.55. The number of nitrogens with one attached hydrogen (secondary N) is 1. The first kappa shape index (κ1) is 18.9. The van der Waals surface area contributed by atoms with Gasteiger partial charge >= 0.3 is 5.97 Å². The number of hydrogen-bond donors (Lipinski definition) is 2. The van der Waals surface area contributed by atoms with E-state index in [1.165, 1.54) is 16.1 Å². The van der Waals surface area contributed by atoms with Crippen LogP contribution in [0.1, 0.15) is 10.4 Å². The van der Waals surface area contributed by atoms with Gasteiger partial charge in [-0.3, -0.25) is 9.69 Å². The Bertz CT molecular complexity index is 777. The van der Waals surface area contributed by atoms with Gasteiger partial charge < -0.3 is 15.4 Å². The molecule has 2 aromatic rings. The summed E-state index contributed by atoms with van der Waals surface area (Å²) in [7, 11) is 1.84. The Morgan fingerprint density at radius 3 is 2.96 bits per heavy atom. The zero-order valence-corrected chi connectivity index (χ0v) is 16.4. The fourth-order valence-corrected chi connectivity index (χ4v) is 4.79. The molecule has 0 unspecified atom stereocenters. The summed E-state index contributed by atoms with van der Waals surface area (Å²) >= 11 is 3.47. The van der Waals surface area contributed by atoms with Gasteiger partial charge in [-0.25, -0.2) is 0 Å². The molecule has 0 atom stereocenters. The Labute approximate surface area is 162 Å². The van der Waals surface area contributed by atoms with Crippen molar-refractivity contribution in [1.82, 2.24) is 4.90 Å². The van der Waals surface area contributed by atoms with Crippen LogP contribution in [0.3, 0.4) is 0 Å². The highest BCUT2D eigenvalue weighted by atomic mass is 32.2. The standard InChI is InChI=1S/C19H23N3O2S2/c1-21(13-19(23)24)6-7-22-8-10-26-18-12-14(4-5-16(18)22)11-15(20)17-3-2-9-25-17/h2-5,9,12,20H,6-8,10-11,13H2,1H3,(H,23,24). The van der Waals surface area contributed by atoms with Crippen molar-refractivity contribution in [3.05, 3.63) is 46.2 Å². The summed E-state index contributed by atoms with van der Waals surface area (Å²) in [6.45, 7) is 2.59. The largest absolute Gasteiger partial charge is 0.480 e. The smallest absolute Gasteiger partial charge is 0.317 e. The van der Waals surface area contributed by atoms with Gasteiger partial charge in [0.1, 0.15) is 0 Å². The molecule has 0 fully saturated rings. The topological polar surface area (TPSA) is 67.6 Å². The molecular formula is C19H23N3O2S2. The summed E-state index contributed by atoms with van der Waals surface area (Å²) in [5.74, 6) is 0.238. The predicted octanol–water partition coefficient (Wildman–Crippen LogP) is 3.29. The lowest BCUT2D eigenvalue weighted by atomic mass is 10.1. The molecule has 1 aromatic heterocycles. The summed E-state index contributed by atoms with van der Waals surface area (Å²) in [4.78, 5) is 17.2. The fraction of sp³-hybridized carbons (Fsp3) is 0.368. The molecule has 0 aliphatic carbocycles. The Morgan fingerprint density at radius 1 is 1.38 bits per heavy atom. The molecule has 2 heterocycles. The SMILES string of the molecule is CN(CCN1CCSc2cc(CC(=N)c3cccs3)ccc21)CC(=O)O. The van der Waals surface area contributed by atoms with Crippen LogP contribution >= 0.6 is 23.1 Å². The Morgan fingerprint density at radius 2 is 2.23 bits per heavy atom. The highest BCUT2D eigenvalue weighted by molar-refractivity contribution is 7.99. The molecule has 0 radical (unpaired) electrons. The van der Waals surface area contributed by atoms with E-state index in [4.69, 9.17) is 10.5 Å². The summed E-state index contributed by atoms with van der Waals surface area (Å²) < 4.78 is 0. The molecule has 0 bridgehead atoms. The van der Waals surface area contributed by atoms with Gasteiger partial charge in [0.2, 0.25) is 0 Å². The molecule has 5 nitrogen and oxygen atoms in total. The Balaban J connectivity index is 1.65. The third-order valence-corrected chi connectivity index (χ3v) is 6.29. The van der Waals surface area contributed by atoms with E-state index >= 15 is 0 Å². The lowest BCUT2D eigenvalue weighted by Crippen LogP contribution is -2.38. The van der Waals surface area contributed by atoms with Gasteiger partial charge in [-0.1, -0.05) is 12.1 Å². The lowest BCUT2D eigenvalue weighted by Gasteiger charge is -2.32. The van der Waals surface area contributed by atoms with Crippen molar-refractivity contribution in [2.45, 2.75) is 11.3 Å². The molecule has 1 aliphatic rings. The van der Waals surface area contributed by atoms with Gasteiger partial charge in [0, 0.05) is 41.6 Å². The minimum Gasteiger partial charge on any atom is -0.480 e. The fourth-order valence-electron chi connectivity index (χ4n) is 3.01. The highest BCUT2D eigenvalue weighted by Crippen LogP contribution is 2.35. The number of thioether (sulfide) groups is 1. The van der Waals surface area contributed by atoms with Gasteiger partial charge in [-0.15, -0.1) is 23.1 Å². The van der Waals surface area contributed by atoms with Gasteiger partial charge in [0.15, 0.2) is 0 Å². The van der Waals surface area contributed by atoms with Crippen LogP contribution in [0.4, 0.5) is 5.69 Å². The molecule has 7 heteroatoms. The quantitative estimate of drug-likeness (QED) is 0.678. The van der Waals surface area contributed by atoms with Crippen molar-refractivity contribution in [2.75, 3.05) is 43.9 Å². The molecule has 3 rings (SSSR count). The Hall–Kier alpha value is -1.83. The predicted molar refractivity (Wildman–Crippen MR) is 109 cm³/mol. The average molecular weight is 390 g/mol. The van der Waals surface area contributed by atoms with E-state index in [0.29, 0.717) is 12.1 Å². The molecule has 2 N–H and O–H groups in total. The van der Waals surface area contributed by atoms with E-state index in [-0.39, 0.29) is 6.54 Å². The van der Waals surface area contributed by atoms with Crippen LogP contribution in [0.25, 0.3) is 0 Å². The van der Waals surface area contributed by atoms with Crippen LogP contribution in [-0.2, 0) is 11.2 Å². The maximum Gasteiger partial charge on any atom is 0.317 e. The van der Waals surface area contributed by atoms with E-state index in [2.05, 4.69) is 23.1 Å². The van der Waals surface area contributed by atoms with E-state index in [1.807, 2.05) is 41.2 Å². The van der Waals surface area contributed by atoms with Crippen molar-refractivity contribution in [1.29, 1.82) is 5.41 Å². The number of benzene rings is 1. The molecule has 0 saturated carbocycles. The maximum absolute atomic E-state index is 10.8. The maximum atomic E-state index is 10.8. The van der Waals surface area contributed by atoms with Crippen molar-refractivity contribution < 1.29 is 9.90 Å². The number of fused-ring (bicyclic) bond motifs is 1. The molecular weight excluding hydrogens is 366 g/mol. The third kappa shape index (κ3) is 4.87. The molecule has 26 heavy (non-hydrogen) atoms. The summed E-state index contributed by atoms with van der Waals surface area (Å²) in [6.07, 6.45) is 0.649. The second-order valence-corrected chi connectivity index (χ2v) is 8.49. The van der Waals surface area contributed by atoms with Crippen LogP contribution in [0.2, 0.25) is 0 Å². The van der Waals surface area contributed by atoms with E-state index < -0.39 is 5.97 Å². The summed E-state index contributed by atoms with van der Waals surface area (Å²) in [5, 5.41) is 19.2. The van der Waals surface area contributed by atoms with Crippen LogP contribution in [0.5, 0.6) is 0 Å². The van der Waals surface area contributed by atoms with Crippen molar-refractivity contribution in [3.8, 4) is 0 Å². The van der Waals surface area contributed by atoms with E-state index in [9.17, 15) is 4.79 Å². The van der Waals surface area contributed by atoms with Crippen molar-refractivity contribution in [2.24, 2.45) is 0 Å². The number of hydrogen-bond acceptors (Lipinski definition) is 6. The van der Waals surface area contributed by atoms with E-state index in [1.54, 1.807) is 11.3 Å². The molecule has 138 valence electrons. The number of likely N-dealkylation sites (N-methyl/N-ethyl adjacent to an activating group) is 1. The van der Waals surface area contributed by atoms with Crippen LogP contribution < -0.4 is 4.90 Å². The van der Waals surface area contributed by atoms with Crippen LogP contribution in [0.15, 0.2) is 40.6 Å². The molecule has 1 aromatic carbocycles. The van der Waals surface area contributed by atoms with Crippen LogP contribution in [-0.4, -0.2) is 60.7 Å². The molecule has 0 amide bonds. The second-order valence-electron chi connectivity index (χ2n) is 6.40. The minimum atomic E-state index is -0.792. The molecule has 1 aliphatic heterocycles. The molecule has 0 spiro atoms. The van der Waals surface area contributed by atoms with E-state index in [0.717, 1.165) is 30.3 Å². The number of carbonyl (C=O) groups is 1. The normalized spacial score (nSPS) is 13.7. The number of nitrogens with zero attached hydrogens (tertiary/aromatic N) is 2. The second kappa shape index (κ2) is 8.70. The van der Waals surface area contributed by atoms with Crippen molar-refractivity contribution >= 4 is 40.5 Å². The zero-order chi connectivity index (χ0) is 18.5. The minimum absolute atomic E-state index is 0.0687. The number of aliphatic carboxylic acids is 1. The Kier molecular flexibility index (Phi) is 6.34. The highest BCUT2D eigenvalue weighted by Gasteiger charge is 2.18. The van der Waals surface area contributed by atoms with Gasteiger partial charge in [0.05, 0.1) is 17.9 Å². The number of carboxylic acid groups (broad SMARTS) is 1. The summed E-state index contributed by atoms with van der Waals surface area (Å²) in [5.41, 5.74) is 3.05.